The molecular weight excluding hydrogens is 643 g/mol. The molecule has 0 radical (unpaired) electrons. The quantitative estimate of drug-likeness (QED) is 0.222. The summed E-state index contributed by atoms with van der Waals surface area (Å²) >= 11 is 3.48. The zero-order valence-corrected chi connectivity index (χ0v) is 26.4. The number of aromatic nitrogens is 1. The molecule has 0 saturated heterocycles. The largest absolute Gasteiger partial charge is 0.491 e. The van der Waals surface area contributed by atoms with Gasteiger partial charge in [0, 0.05) is 5.56 Å². The number of carbonyl (C=O) groups is 1. The minimum absolute atomic E-state index is 0.102. The number of esters is 1. The van der Waals surface area contributed by atoms with E-state index in [1.165, 1.54) is 11.3 Å². The lowest BCUT2D eigenvalue weighted by Gasteiger charge is -2.26. The number of nitrogens with zero attached hydrogens (tertiary/aromatic N) is 2. The molecule has 0 unspecified atom stereocenters. The lowest BCUT2D eigenvalue weighted by Crippen LogP contribution is -2.40. The molecule has 0 N–H and O–H groups in total. The summed E-state index contributed by atoms with van der Waals surface area (Å²) in [5, 5.41) is 0. The number of hydrogen-bond acceptors (Lipinski definition) is 8. The number of rotatable bonds is 10. The Balaban J connectivity index is 1.95. The molecule has 0 aliphatic carbocycles. The van der Waals surface area contributed by atoms with E-state index in [1.807, 2.05) is 70.2 Å². The molecule has 1 aliphatic rings. The Hall–Kier alpha value is -3.12. The van der Waals surface area contributed by atoms with Crippen molar-refractivity contribution in [2.45, 2.75) is 53.7 Å². The van der Waals surface area contributed by atoms with Crippen LogP contribution in [0.25, 0.3) is 6.08 Å². The molecular formula is C30H33IN2O6S. The second-order valence-electron chi connectivity index (χ2n) is 9.20. The van der Waals surface area contributed by atoms with Gasteiger partial charge in [-0.3, -0.25) is 9.36 Å². The summed E-state index contributed by atoms with van der Waals surface area (Å²) in [6, 6.07) is 10.5. The maximum atomic E-state index is 14.0. The molecule has 1 aliphatic heterocycles. The summed E-state index contributed by atoms with van der Waals surface area (Å²) in [7, 11) is 0. The van der Waals surface area contributed by atoms with Gasteiger partial charge in [0.1, 0.15) is 11.8 Å². The summed E-state index contributed by atoms with van der Waals surface area (Å²) in [4.78, 5) is 32.5. The number of halogens is 1. The van der Waals surface area contributed by atoms with Gasteiger partial charge >= 0.3 is 5.97 Å². The maximum absolute atomic E-state index is 14.0. The molecule has 0 amide bonds. The average molecular weight is 677 g/mol. The van der Waals surface area contributed by atoms with Gasteiger partial charge in [-0.2, -0.15) is 0 Å². The van der Waals surface area contributed by atoms with Gasteiger partial charge in [-0.25, -0.2) is 9.79 Å². The van der Waals surface area contributed by atoms with Crippen LogP contribution in [-0.2, 0) is 9.53 Å². The van der Waals surface area contributed by atoms with Gasteiger partial charge in [0.2, 0.25) is 0 Å². The fourth-order valence-electron chi connectivity index (χ4n) is 4.52. The van der Waals surface area contributed by atoms with E-state index in [9.17, 15) is 9.59 Å². The van der Waals surface area contributed by atoms with Crippen molar-refractivity contribution in [2.24, 2.45) is 4.99 Å². The van der Waals surface area contributed by atoms with E-state index in [2.05, 4.69) is 27.6 Å². The summed E-state index contributed by atoms with van der Waals surface area (Å²) in [5.41, 5.74) is 2.04. The van der Waals surface area contributed by atoms with E-state index in [0.717, 1.165) is 9.13 Å². The number of fused-ring (bicyclic) bond motifs is 1. The third kappa shape index (κ3) is 6.12. The van der Waals surface area contributed by atoms with Crippen molar-refractivity contribution in [3.63, 3.8) is 0 Å². The molecule has 40 heavy (non-hydrogen) atoms. The SMILES string of the molecule is CCOC(=O)C1=C(C)N=c2s/c(=C\c3cc(I)c(OCC)c(OCC)c3)c(=O)n2[C@H]1c1ccccc1OC(C)C. The molecule has 10 heteroatoms. The fraction of sp³-hybridized carbons (Fsp3) is 0.367. The van der Waals surface area contributed by atoms with Crippen LogP contribution in [-0.4, -0.2) is 36.5 Å². The van der Waals surface area contributed by atoms with Crippen LogP contribution in [0.4, 0.5) is 0 Å². The molecule has 2 aromatic carbocycles. The van der Waals surface area contributed by atoms with E-state index in [-0.39, 0.29) is 18.3 Å². The second-order valence-corrected chi connectivity index (χ2v) is 11.4. The van der Waals surface area contributed by atoms with Crippen LogP contribution in [0, 0.1) is 3.57 Å². The monoisotopic (exact) mass is 676 g/mol. The van der Waals surface area contributed by atoms with Crippen molar-refractivity contribution in [3.05, 3.63) is 82.1 Å². The van der Waals surface area contributed by atoms with Gasteiger partial charge in [-0.1, -0.05) is 29.5 Å². The van der Waals surface area contributed by atoms with E-state index >= 15 is 0 Å². The normalized spacial score (nSPS) is 15.1. The highest BCUT2D eigenvalue weighted by atomic mass is 127. The summed E-state index contributed by atoms with van der Waals surface area (Å²) in [5.74, 6) is 1.38. The highest BCUT2D eigenvalue weighted by Gasteiger charge is 2.35. The van der Waals surface area contributed by atoms with Crippen molar-refractivity contribution in [1.82, 2.24) is 4.57 Å². The zero-order valence-electron chi connectivity index (χ0n) is 23.4. The first kappa shape index (κ1) is 29.9. The molecule has 0 spiro atoms. The second kappa shape index (κ2) is 13.0. The third-order valence-electron chi connectivity index (χ3n) is 6.01. The minimum Gasteiger partial charge on any atom is -0.491 e. The van der Waals surface area contributed by atoms with Crippen molar-refractivity contribution in [3.8, 4) is 17.2 Å². The molecule has 4 rings (SSSR count). The van der Waals surface area contributed by atoms with Gasteiger partial charge in [0.15, 0.2) is 16.3 Å². The summed E-state index contributed by atoms with van der Waals surface area (Å²) < 4.78 is 26.1. The highest BCUT2D eigenvalue weighted by molar-refractivity contribution is 14.1. The van der Waals surface area contributed by atoms with Crippen molar-refractivity contribution >= 4 is 46.0 Å². The van der Waals surface area contributed by atoms with E-state index in [1.54, 1.807) is 18.4 Å². The molecule has 0 fully saturated rings. The van der Waals surface area contributed by atoms with Gasteiger partial charge in [-0.05, 0) is 94.0 Å². The van der Waals surface area contributed by atoms with Gasteiger partial charge < -0.3 is 18.9 Å². The fourth-order valence-corrected chi connectivity index (χ4v) is 6.35. The number of ether oxygens (including phenoxy) is 4. The number of para-hydroxylation sites is 1. The van der Waals surface area contributed by atoms with Crippen LogP contribution in [0.15, 0.2) is 57.5 Å². The Labute approximate surface area is 251 Å². The summed E-state index contributed by atoms with van der Waals surface area (Å²) in [6.07, 6.45) is 1.72. The number of benzene rings is 2. The van der Waals surface area contributed by atoms with Crippen LogP contribution in [0.3, 0.4) is 0 Å². The topological polar surface area (TPSA) is 88.4 Å². The van der Waals surface area contributed by atoms with Crippen LogP contribution in [0.1, 0.15) is 58.7 Å². The Bertz CT molecular complexity index is 1620. The highest BCUT2D eigenvalue weighted by Crippen LogP contribution is 2.37. The van der Waals surface area contributed by atoms with E-state index in [4.69, 9.17) is 18.9 Å². The first-order valence-electron chi connectivity index (χ1n) is 13.2. The summed E-state index contributed by atoms with van der Waals surface area (Å²) in [6.45, 7) is 12.4. The van der Waals surface area contributed by atoms with Gasteiger partial charge in [0.05, 0.1) is 45.3 Å². The Morgan fingerprint density at radius 1 is 1.10 bits per heavy atom. The number of allylic oxidation sites excluding steroid dienone is 1. The third-order valence-corrected chi connectivity index (χ3v) is 7.80. The van der Waals surface area contributed by atoms with Crippen LogP contribution in [0.5, 0.6) is 17.2 Å². The Morgan fingerprint density at radius 2 is 1.82 bits per heavy atom. The number of thiazole rings is 1. The first-order chi connectivity index (χ1) is 19.2. The number of hydrogen-bond donors (Lipinski definition) is 0. The minimum atomic E-state index is -0.758. The molecule has 212 valence electrons. The van der Waals surface area contributed by atoms with Crippen molar-refractivity contribution in [1.29, 1.82) is 0 Å². The molecule has 1 atom stereocenters. The zero-order chi connectivity index (χ0) is 29.0. The Morgan fingerprint density at radius 3 is 2.50 bits per heavy atom. The van der Waals surface area contributed by atoms with Crippen LogP contribution < -0.4 is 29.1 Å². The van der Waals surface area contributed by atoms with E-state index in [0.29, 0.717) is 56.6 Å². The van der Waals surface area contributed by atoms with Crippen molar-refractivity contribution in [2.75, 3.05) is 19.8 Å². The van der Waals surface area contributed by atoms with Crippen LogP contribution in [0.2, 0.25) is 0 Å². The molecule has 2 heterocycles. The number of carbonyl (C=O) groups excluding carboxylic acids is 1. The lowest BCUT2D eigenvalue weighted by molar-refractivity contribution is -0.139. The van der Waals surface area contributed by atoms with Gasteiger partial charge in [-0.15, -0.1) is 0 Å². The van der Waals surface area contributed by atoms with Crippen molar-refractivity contribution < 1.29 is 23.7 Å². The molecule has 8 nitrogen and oxygen atoms in total. The predicted molar refractivity (Wildman–Crippen MR) is 164 cm³/mol. The molecule has 1 aromatic heterocycles. The van der Waals surface area contributed by atoms with Crippen LogP contribution >= 0.6 is 33.9 Å². The Kier molecular flexibility index (Phi) is 9.72. The first-order valence-corrected chi connectivity index (χ1v) is 15.1. The molecule has 3 aromatic rings. The predicted octanol–water partition coefficient (Wildman–Crippen LogP) is 4.99. The maximum Gasteiger partial charge on any atom is 0.338 e. The van der Waals surface area contributed by atoms with E-state index < -0.39 is 12.0 Å². The smallest absolute Gasteiger partial charge is 0.338 e. The average Bonchev–Trinajstić information content (AvgIpc) is 3.19. The molecule has 0 saturated carbocycles. The van der Waals surface area contributed by atoms with Gasteiger partial charge in [0.25, 0.3) is 5.56 Å². The lowest BCUT2D eigenvalue weighted by atomic mass is 9.95. The standard InChI is InChI=1S/C30H33IN2O6S/c1-7-36-23-15-19(14-21(31)27(23)37-8-2)16-24-28(34)33-26(20-12-10-11-13-22(20)39-17(4)5)25(29(35)38-9-3)18(6)32-30(33)40-24/h10-17,26H,7-9H2,1-6H3/b24-16-/t26-/m0/s1. The molecule has 0 bridgehead atoms.